The highest BCUT2D eigenvalue weighted by atomic mass is 35.5. The van der Waals surface area contributed by atoms with E-state index in [2.05, 4.69) is 0 Å². The molecule has 0 bridgehead atoms. The van der Waals surface area contributed by atoms with E-state index in [1.807, 2.05) is 4.90 Å². The van der Waals surface area contributed by atoms with E-state index >= 15 is 0 Å². The minimum absolute atomic E-state index is 0. The van der Waals surface area contributed by atoms with Crippen LogP contribution in [0, 0.1) is 5.92 Å². The van der Waals surface area contributed by atoms with Gasteiger partial charge in [-0.3, -0.25) is 4.90 Å². The summed E-state index contributed by atoms with van der Waals surface area (Å²) >= 11 is 0. The average Bonchev–Trinajstić information content (AvgIpc) is 2.46. The highest BCUT2D eigenvalue weighted by molar-refractivity contribution is 5.91. The van der Waals surface area contributed by atoms with E-state index in [-0.39, 0.29) is 36.6 Å². The van der Waals surface area contributed by atoms with Crippen LogP contribution in [-0.2, 0) is 6.54 Å². The Morgan fingerprint density at radius 2 is 1.96 bits per heavy atom. The predicted molar refractivity (Wildman–Crippen MR) is 81.3 cm³/mol. The van der Waals surface area contributed by atoms with Crippen molar-refractivity contribution in [3.8, 4) is 5.75 Å². The van der Waals surface area contributed by atoms with E-state index in [9.17, 15) is 18.0 Å². The van der Waals surface area contributed by atoms with Crippen LogP contribution in [0.25, 0.3) is 0 Å². The highest BCUT2D eigenvalue weighted by Crippen LogP contribution is 2.34. The minimum Gasteiger partial charge on any atom is -0.496 e. The minimum atomic E-state index is -4.12. The van der Waals surface area contributed by atoms with Gasteiger partial charge in [0.2, 0.25) is 0 Å². The number of nitrogens with zero attached hydrogens (tertiary/aromatic N) is 1. The van der Waals surface area contributed by atoms with E-state index < -0.39 is 18.1 Å². The number of ether oxygens (including phenoxy) is 1. The summed E-state index contributed by atoms with van der Waals surface area (Å²) in [6.45, 7) is 1.16. The van der Waals surface area contributed by atoms with Crippen molar-refractivity contribution in [2.45, 2.75) is 25.6 Å². The largest absolute Gasteiger partial charge is 0.496 e. The molecule has 4 nitrogen and oxygen atoms in total. The maximum atomic E-state index is 12.6. The Morgan fingerprint density at radius 1 is 1.35 bits per heavy atom. The van der Waals surface area contributed by atoms with E-state index in [1.54, 1.807) is 12.1 Å². The third-order valence-corrected chi connectivity index (χ3v) is 3.95. The molecule has 1 saturated heterocycles. The van der Waals surface area contributed by atoms with Gasteiger partial charge >= 0.3 is 12.1 Å². The lowest BCUT2D eigenvalue weighted by Gasteiger charge is -2.32. The van der Waals surface area contributed by atoms with Gasteiger partial charge < -0.3 is 9.84 Å². The second-order valence-corrected chi connectivity index (χ2v) is 5.43. The summed E-state index contributed by atoms with van der Waals surface area (Å²) in [4.78, 5) is 13.1. The van der Waals surface area contributed by atoms with Crippen LogP contribution in [0.2, 0.25) is 0 Å². The SMILES string of the molecule is COc1ccc(CN2CCC(C(F)(F)F)CC2)cc1C(=O)O.Cl. The lowest BCUT2D eigenvalue weighted by molar-refractivity contribution is -0.185. The Balaban J connectivity index is 0.00000264. The van der Waals surface area contributed by atoms with Crippen LogP contribution in [0.4, 0.5) is 13.2 Å². The van der Waals surface area contributed by atoms with Crippen LogP contribution >= 0.6 is 12.4 Å². The van der Waals surface area contributed by atoms with Gasteiger partial charge in [-0.25, -0.2) is 4.79 Å². The molecule has 1 aliphatic heterocycles. The van der Waals surface area contributed by atoms with Crippen LogP contribution in [0.5, 0.6) is 5.75 Å². The summed E-state index contributed by atoms with van der Waals surface area (Å²) in [6.07, 6.45) is -3.94. The van der Waals surface area contributed by atoms with Gasteiger partial charge in [0.1, 0.15) is 11.3 Å². The topological polar surface area (TPSA) is 49.8 Å². The Morgan fingerprint density at radius 3 is 2.43 bits per heavy atom. The van der Waals surface area contributed by atoms with Crippen molar-refractivity contribution in [1.82, 2.24) is 4.90 Å². The number of rotatable bonds is 4. The lowest BCUT2D eigenvalue weighted by Crippen LogP contribution is -2.38. The molecule has 8 heteroatoms. The first-order valence-electron chi connectivity index (χ1n) is 7.00. The molecule has 0 unspecified atom stereocenters. The molecule has 0 radical (unpaired) electrons. The van der Waals surface area contributed by atoms with Gasteiger partial charge in [0.25, 0.3) is 0 Å². The van der Waals surface area contributed by atoms with E-state index in [1.165, 1.54) is 13.2 Å². The molecule has 1 heterocycles. The predicted octanol–water partition coefficient (Wildman–Crippen LogP) is 3.59. The molecule has 0 aromatic heterocycles. The molecule has 0 atom stereocenters. The molecule has 130 valence electrons. The second-order valence-electron chi connectivity index (χ2n) is 5.43. The van der Waals surface area contributed by atoms with Crippen molar-refractivity contribution < 1.29 is 27.8 Å². The van der Waals surface area contributed by atoms with Crippen molar-refractivity contribution in [2.75, 3.05) is 20.2 Å². The molecule has 0 spiro atoms. The molecule has 1 aromatic carbocycles. The zero-order valence-corrected chi connectivity index (χ0v) is 13.4. The Labute approximate surface area is 138 Å². The van der Waals surface area contributed by atoms with Gasteiger partial charge in [0.15, 0.2) is 0 Å². The summed E-state index contributed by atoms with van der Waals surface area (Å²) in [6, 6.07) is 4.82. The highest BCUT2D eigenvalue weighted by Gasteiger charge is 2.40. The number of hydrogen-bond acceptors (Lipinski definition) is 3. The molecule has 2 rings (SSSR count). The molecule has 1 N–H and O–H groups in total. The fraction of sp³-hybridized carbons (Fsp3) is 0.533. The number of benzene rings is 1. The van der Waals surface area contributed by atoms with Crippen LogP contribution in [0.3, 0.4) is 0 Å². The first kappa shape index (κ1) is 19.6. The number of halogens is 4. The molecule has 0 amide bonds. The summed E-state index contributed by atoms with van der Waals surface area (Å²) in [7, 11) is 1.39. The normalized spacial score (nSPS) is 16.7. The average molecular weight is 354 g/mol. The van der Waals surface area contributed by atoms with Gasteiger partial charge in [-0.05, 0) is 43.6 Å². The lowest BCUT2D eigenvalue weighted by atomic mass is 9.96. The van der Waals surface area contributed by atoms with Crippen molar-refractivity contribution in [2.24, 2.45) is 5.92 Å². The molecule has 0 aliphatic carbocycles. The van der Waals surface area contributed by atoms with Crippen molar-refractivity contribution in [3.63, 3.8) is 0 Å². The number of alkyl halides is 3. The van der Waals surface area contributed by atoms with Crippen LogP contribution in [-0.4, -0.2) is 42.4 Å². The quantitative estimate of drug-likeness (QED) is 0.898. The van der Waals surface area contributed by atoms with Crippen molar-refractivity contribution in [1.29, 1.82) is 0 Å². The zero-order valence-electron chi connectivity index (χ0n) is 12.6. The summed E-state index contributed by atoms with van der Waals surface area (Å²) in [5, 5.41) is 9.13. The Bertz CT molecular complexity index is 543. The van der Waals surface area contributed by atoms with E-state index in [4.69, 9.17) is 9.84 Å². The number of piperidine rings is 1. The monoisotopic (exact) mass is 353 g/mol. The van der Waals surface area contributed by atoms with Crippen LogP contribution in [0.15, 0.2) is 18.2 Å². The summed E-state index contributed by atoms with van der Waals surface area (Å²) in [5.74, 6) is -2.05. The van der Waals surface area contributed by atoms with Gasteiger partial charge in [-0.1, -0.05) is 6.07 Å². The molecule has 1 aliphatic rings. The number of hydrogen-bond donors (Lipinski definition) is 1. The zero-order chi connectivity index (χ0) is 16.3. The fourth-order valence-corrected chi connectivity index (χ4v) is 2.70. The molecule has 23 heavy (non-hydrogen) atoms. The first-order chi connectivity index (χ1) is 10.3. The number of carboxylic acids is 1. The number of carboxylic acid groups (broad SMARTS) is 1. The molecule has 0 saturated carbocycles. The maximum absolute atomic E-state index is 12.6. The molecule has 1 fully saturated rings. The van der Waals surface area contributed by atoms with E-state index in [0.717, 1.165) is 5.56 Å². The second kappa shape index (κ2) is 7.88. The number of carbonyl (C=O) groups is 1. The maximum Gasteiger partial charge on any atom is 0.391 e. The summed E-state index contributed by atoms with van der Waals surface area (Å²) in [5.41, 5.74) is 0.814. The Hall–Kier alpha value is -1.47. The molecular weight excluding hydrogens is 335 g/mol. The number of methoxy groups -OCH3 is 1. The van der Waals surface area contributed by atoms with Crippen LogP contribution < -0.4 is 4.74 Å². The number of likely N-dealkylation sites (tertiary alicyclic amines) is 1. The molecular formula is C15H19ClF3NO3. The van der Waals surface area contributed by atoms with Crippen LogP contribution in [0.1, 0.15) is 28.8 Å². The van der Waals surface area contributed by atoms with Gasteiger partial charge in [-0.2, -0.15) is 13.2 Å². The van der Waals surface area contributed by atoms with Crippen molar-refractivity contribution >= 4 is 18.4 Å². The first-order valence-corrected chi connectivity index (χ1v) is 7.00. The van der Waals surface area contributed by atoms with Crippen molar-refractivity contribution in [3.05, 3.63) is 29.3 Å². The third kappa shape index (κ3) is 5.00. The fourth-order valence-electron chi connectivity index (χ4n) is 2.70. The molecule has 1 aromatic rings. The third-order valence-electron chi connectivity index (χ3n) is 3.95. The van der Waals surface area contributed by atoms with Gasteiger partial charge in [0, 0.05) is 6.54 Å². The van der Waals surface area contributed by atoms with Gasteiger partial charge in [0.05, 0.1) is 13.0 Å². The van der Waals surface area contributed by atoms with Gasteiger partial charge in [-0.15, -0.1) is 12.4 Å². The summed E-state index contributed by atoms with van der Waals surface area (Å²) < 4.78 is 42.9. The number of aromatic carboxylic acids is 1. The smallest absolute Gasteiger partial charge is 0.391 e. The Kier molecular flexibility index (Phi) is 6.70. The standard InChI is InChI=1S/C15H18F3NO3.ClH/c1-22-13-3-2-10(8-12(13)14(20)21)9-19-6-4-11(5-7-19)15(16,17)18;/h2-3,8,11H,4-7,9H2,1H3,(H,20,21);1H. The van der Waals surface area contributed by atoms with E-state index in [0.29, 0.717) is 19.6 Å².